The van der Waals surface area contributed by atoms with E-state index in [0.29, 0.717) is 6.04 Å². The Morgan fingerprint density at radius 2 is 2.09 bits per heavy atom. The highest BCUT2D eigenvalue weighted by molar-refractivity contribution is 6.06. The van der Waals surface area contributed by atoms with Crippen molar-refractivity contribution in [3.8, 4) is 0 Å². The fraction of sp³-hybridized carbons (Fsp3) is 0.500. The molecule has 5 rings (SSSR count). The van der Waals surface area contributed by atoms with E-state index in [4.69, 9.17) is 0 Å². The normalized spacial score (nSPS) is 31.3. The minimum absolute atomic E-state index is 0.205. The molecule has 2 aliphatic carbocycles. The van der Waals surface area contributed by atoms with Crippen molar-refractivity contribution in [2.45, 2.75) is 39.2 Å². The van der Waals surface area contributed by atoms with Gasteiger partial charge in [0.25, 0.3) is 5.91 Å². The Kier molecular flexibility index (Phi) is 2.68. The molecule has 3 nitrogen and oxygen atoms in total. The monoisotopic (exact) mass is 306 g/mol. The molecule has 1 amide bonds. The first-order valence-corrected chi connectivity index (χ1v) is 8.79. The summed E-state index contributed by atoms with van der Waals surface area (Å²) in [5.74, 6) is 2.61. The van der Waals surface area contributed by atoms with E-state index >= 15 is 0 Å². The van der Waals surface area contributed by atoms with Crippen molar-refractivity contribution in [1.82, 2.24) is 9.88 Å². The summed E-state index contributed by atoms with van der Waals surface area (Å²) in [6.45, 7) is 5.13. The average molecular weight is 306 g/mol. The summed E-state index contributed by atoms with van der Waals surface area (Å²) >= 11 is 0. The molecule has 0 radical (unpaired) electrons. The van der Waals surface area contributed by atoms with Crippen LogP contribution in [0.3, 0.4) is 0 Å². The van der Waals surface area contributed by atoms with Crippen molar-refractivity contribution in [2.75, 3.05) is 6.54 Å². The van der Waals surface area contributed by atoms with E-state index in [-0.39, 0.29) is 5.91 Å². The van der Waals surface area contributed by atoms with Crippen LogP contribution in [0, 0.1) is 31.6 Å². The van der Waals surface area contributed by atoms with Gasteiger partial charge in [0.1, 0.15) is 0 Å². The number of hydrogen-bond donors (Lipinski definition) is 0. The van der Waals surface area contributed by atoms with Crippen LogP contribution < -0.4 is 0 Å². The van der Waals surface area contributed by atoms with Gasteiger partial charge in [-0.25, -0.2) is 0 Å². The fourth-order valence-electron chi connectivity index (χ4n) is 5.50. The number of aromatic nitrogens is 1. The topological polar surface area (TPSA) is 33.2 Å². The highest BCUT2D eigenvalue weighted by Gasteiger charge is 2.54. The van der Waals surface area contributed by atoms with Crippen molar-refractivity contribution >= 4 is 16.8 Å². The van der Waals surface area contributed by atoms with Crippen LogP contribution in [0.1, 0.15) is 40.7 Å². The first-order valence-electron chi connectivity index (χ1n) is 8.79. The number of amides is 1. The molecule has 23 heavy (non-hydrogen) atoms. The van der Waals surface area contributed by atoms with E-state index in [1.54, 1.807) is 0 Å². The largest absolute Gasteiger partial charge is 0.335 e. The molecule has 1 aliphatic heterocycles. The minimum atomic E-state index is 0.205. The van der Waals surface area contributed by atoms with Crippen LogP contribution in [0.15, 0.2) is 24.4 Å². The van der Waals surface area contributed by atoms with Gasteiger partial charge in [-0.2, -0.15) is 0 Å². The molecule has 4 unspecified atom stereocenters. The van der Waals surface area contributed by atoms with Crippen LogP contribution in [0.4, 0.5) is 0 Å². The molecular weight excluding hydrogens is 284 g/mol. The van der Waals surface area contributed by atoms with Crippen molar-refractivity contribution in [1.29, 1.82) is 0 Å². The van der Waals surface area contributed by atoms with Gasteiger partial charge < -0.3 is 4.90 Å². The fourth-order valence-corrected chi connectivity index (χ4v) is 5.50. The Morgan fingerprint density at radius 3 is 2.87 bits per heavy atom. The molecule has 4 atom stereocenters. The standard InChI is InChI=1S/C20H22N2O/c1-11-5-15-12(2)3-4-21-19(15)17(6-11)20(23)22-10-14-7-13-8-16(14)18(22)9-13/h3-6,13-14,16,18H,7-10H2,1-2H3. The van der Waals surface area contributed by atoms with Gasteiger partial charge in [-0.1, -0.05) is 0 Å². The van der Waals surface area contributed by atoms with Gasteiger partial charge in [0.05, 0.1) is 11.1 Å². The number of aryl methyl sites for hydroxylation is 2. The summed E-state index contributed by atoms with van der Waals surface area (Å²) in [7, 11) is 0. The lowest BCUT2D eigenvalue weighted by Crippen LogP contribution is -2.36. The van der Waals surface area contributed by atoms with E-state index in [9.17, 15) is 4.79 Å². The van der Waals surface area contributed by atoms with Crippen LogP contribution in [0.25, 0.3) is 10.9 Å². The third kappa shape index (κ3) is 1.82. The molecule has 0 N–H and O–H groups in total. The second kappa shape index (κ2) is 4.56. The van der Waals surface area contributed by atoms with Gasteiger partial charge in [-0.3, -0.25) is 9.78 Å². The quantitative estimate of drug-likeness (QED) is 0.804. The smallest absolute Gasteiger partial charge is 0.256 e. The second-order valence-corrected chi connectivity index (χ2v) is 7.86. The minimum Gasteiger partial charge on any atom is -0.335 e. The van der Waals surface area contributed by atoms with Gasteiger partial charge >= 0.3 is 0 Å². The number of carbonyl (C=O) groups excluding carboxylic acids is 1. The first-order chi connectivity index (χ1) is 11.1. The Morgan fingerprint density at radius 1 is 1.22 bits per heavy atom. The molecule has 3 aliphatic rings. The maximum Gasteiger partial charge on any atom is 0.256 e. The molecular formula is C20H22N2O. The lowest BCUT2D eigenvalue weighted by molar-refractivity contribution is 0.0730. The molecule has 2 bridgehead atoms. The highest BCUT2D eigenvalue weighted by Crippen LogP contribution is 2.55. The second-order valence-electron chi connectivity index (χ2n) is 7.86. The van der Waals surface area contributed by atoms with Crippen molar-refractivity contribution in [3.63, 3.8) is 0 Å². The van der Waals surface area contributed by atoms with Gasteiger partial charge in [-0.05, 0) is 80.2 Å². The molecule has 1 aromatic carbocycles. The number of fused-ring (bicyclic) bond motifs is 2. The van der Waals surface area contributed by atoms with Crippen molar-refractivity contribution in [3.05, 3.63) is 41.1 Å². The predicted molar refractivity (Wildman–Crippen MR) is 90.4 cm³/mol. The zero-order valence-electron chi connectivity index (χ0n) is 13.7. The van der Waals surface area contributed by atoms with Crippen LogP contribution in [0.5, 0.6) is 0 Å². The average Bonchev–Trinajstić information content (AvgIpc) is 3.15. The predicted octanol–water partition coefficient (Wildman–Crippen LogP) is 3.72. The zero-order valence-corrected chi connectivity index (χ0v) is 13.7. The maximum absolute atomic E-state index is 13.3. The number of hydrogen-bond acceptors (Lipinski definition) is 2. The summed E-state index contributed by atoms with van der Waals surface area (Å²) in [4.78, 5) is 20.0. The lowest BCUT2D eigenvalue weighted by Gasteiger charge is -2.25. The third-order valence-corrected chi connectivity index (χ3v) is 6.45. The van der Waals surface area contributed by atoms with Crippen molar-refractivity contribution < 1.29 is 4.79 Å². The highest BCUT2D eigenvalue weighted by atomic mass is 16.2. The van der Waals surface area contributed by atoms with Gasteiger partial charge in [0.2, 0.25) is 0 Å². The Bertz CT molecular complexity index is 826. The summed E-state index contributed by atoms with van der Waals surface area (Å²) in [6.07, 6.45) is 5.74. The number of pyridine rings is 1. The number of nitrogens with zero attached hydrogens (tertiary/aromatic N) is 2. The summed E-state index contributed by atoms with van der Waals surface area (Å²) < 4.78 is 0. The molecule has 0 spiro atoms. The molecule has 2 heterocycles. The van der Waals surface area contributed by atoms with Gasteiger partial charge in [0.15, 0.2) is 0 Å². The van der Waals surface area contributed by atoms with Gasteiger partial charge in [-0.15, -0.1) is 0 Å². The van der Waals surface area contributed by atoms with Gasteiger partial charge in [0, 0.05) is 24.2 Å². The summed E-state index contributed by atoms with van der Waals surface area (Å²) in [5, 5.41) is 1.11. The summed E-state index contributed by atoms with van der Waals surface area (Å²) in [6, 6.07) is 6.69. The van der Waals surface area contributed by atoms with Crippen LogP contribution in [-0.4, -0.2) is 28.4 Å². The molecule has 3 heteroatoms. The van der Waals surface area contributed by atoms with Crippen LogP contribution in [0.2, 0.25) is 0 Å². The molecule has 1 saturated heterocycles. The molecule has 118 valence electrons. The number of benzene rings is 1. The lowest BCUT2D eigenvalue weighted by atomic mass is 9.90. The van der Waals surface area contributed by atoms with E-state index in [0.717, 1.165) is 46.3 Å². The van der Waals surface area contributed by atoms with E-state index < -0.39 is 0 Å². The molecule has 1 aromatic heterocycles. The molecule has 2 aromatic rings. The Hall–Kier alpha value is -1.90. The van der Waals surface area contributed by atoms with Crippen molar-refractivity contribution in [2.24, 2.45) is 17.8 Å². The van der Waals surface area contributed by atoms with E-state index in [2.05, 4.69) is 29.8 Å². The SMILES string of the molecule is Cc1cc(C(=O)N2CC3CC4CC3C2C4)c2nccc(C)c2c1. The van der Waals surface area contributed by atoms with E-state index in [1.807, 2.05) is 18.3 Å². The number of likely N-dealkylation sites (tertiary alicyclic amines) is 1. The van der Waals surface area contributed by atoms with E-state index in [1.165, 1.54) is 24.8 Å². The number of rotatable bonds is 1. The zero-order chi connectivity index (χ0) is 15.7. The number of carbonyl (C=O) groups is 1. The van der Waals surface area contributed by atoms with Crippen LogP contribution in [-0.2, 0) is 0 Å². The third-order valence-electron chi connectivity index (χ3n) is 6.45. The summed E-state index contributed by atoms with van der Waals surface area (Å²) in [5.41, 5.74) is 4.00. The molecule has 3 fully saturated rings. The first kappa shape index (κ1) is 13.5. The molecule has 2 saturated carbocycles. The maximum atomic E-state index is 13.3. The van der Waals surface area contributed by atoms with Crippen LogP contribution >= 0.6 is 0 Å². The Balaban J connectivity index is 1.61. The Labute approximate surface area is 136 Å².